The molecular formula is C24H26F2N2. The maximum Gasteiger partial charge on any atom is 0.151 e. The van der Waals surface area contributed by atoms with E-state index in [1.165, 1.54) is 47.2 Å². The molecular weight excluding hydrogens is 354 g/mol. The van der Waals surface area contributed by atoms with Crippen molar-refractivity contribution in [3.63, 3.8) is 0 Å². The van der Waals surface area contributed by atoms with Gasteiger partial charge >= 0.3 is 0 Å². The Hall–Kier alpha value is -2.20. The van der Waals surface area contributed by atoms with Crippen LogP contribution in [0, 0.1) is 12.7 Å². The van der Waals surface area contributed by atoms with Crippen LogP contribution in [0.3, 0.4) is 0 Å². The highest BCUT2D eigenvalue weighted by molar-refractivity contribution is 5.87. The molecule has 0 amide bonds. The molecule has 3 aromatic rings. The summed E-state index contributed by atoms with van der Waals surface area (Å²) in [6, 6.07) is 13.3. The van der Waals surface area contributed by atoms with E-state index in [1.807, 2.05) is 0 Å². The van der Waals surface area contributed by atoms with Crippen molar-refractivity contribution in [1.29, 1.82) is 0 Å². The fraction of sp³-hybridized carbons (Fsp3) is 0.417. The Balaban J connectivity index is 1.66. The van der Waals surface area contributed by atoms with Gasteiger partial charge in [0.15, 0.2) is 5.67 Å². The van der Waals surface area contributed by atoms with Crippen molar-refractivity contribution in [3.8, 4) is 0 Å². The van der Waals surface area contributed by atoms with Crippen molar-refractivity contribution in [2.24, 2.45) is 0 Å². The number of hydrogen-bond donors (Lipinski definition) is 0. The second-order valence-corrected chi connectivity index (χ2v) is 8.79. The molecule has 3 unspecified atom stereocenters. The molecule has 5 rings (SSSR count). The van der Waals surface area contributed by atoms with Gasteiger partial charge in [0.25, 0.3) is 0 Å². The molecule has 0 N–H and O–H groups in total. The van der Waals surface area contributed by atoms with Gasteiger partial charge in [-0.15, -0.1) is 0 Å². The topological polar surface area (TPSA) is 8.17 Å². The summed E-state index contributed by atoms with van der Waals surface area (Å²) in [5, 5.41) is 1.27. The summed E-state index contributed by atoms with van der Waals surface area (Å²) in [4.78, 5) is 2.50. The van der Waals surface area contributed by atoms with E-state index in [0.717, 1.165) is 11.9 Å². The molecule has 0 aliphatic carbocycles. The summed E-state index contributed by atoms with van der Waals surface area (Å²) in [5.74, 6) is -0.335. The van der Waals surface area contributed by atoms with E-state index in [4.69, 9.17) is 0 Å². The molecule has 1 fully saturated rings. The predicted molar refractivity (Wildman–Crippen MR) is 109 cm³/mol. The number of aryl methyl sites for hydroxylation is 1. The van der Waals surface area contributed by atoms with Gasteiger partial charge in [-0.3, -0.25) is 4.90 Å². The smallest absolute Gasteiger partial charge is 0.151 e. The van der Waals surface area contributed by atoms with Crippen LogP contribution in [-0.4, -0.2) is 22.6 Å². The van der Waals surface area contributed by atoms with E-state index in [2.05, 4.69) is 41.6 Å². The summed E-state index contributed by atoms with van der Waals surface area (Å²) in [7, 11) is 2.22. The highest BCUT2D eigenvalue weighted by Crippen LogP contribution is 2.47. The second-order valence-electron chi connectivity index (χ2n) is 8.79. The van der Waals surface area contributed by atoms with Gasteiger partial charge in [0.1, 0.15) is 5.82 Å². The van der Waals surface area contributed by atoms with Crippen LogP contribution in [0.5, 0.6) is 0 Å². The minimum atomic E-state index is -1.57. The average molecular weight is 380 g/mol. The predicted octanol–water partition coefficient (Wildman–Crippen LogP) is 5.67. The molecule has 1 aromatic heterocycles. The summed E-state index contributed by atoms with van der Waals surface area (Å²) in [6.07, 6.45) is 3.34. The quantitative estimate of drug-likeness (QED) is 0.569. The largest absolute Gasteiger partial charge is 0.341 e. The van der Waals surface area contributed by atoms with Crippen LogP contribution in [0.1, 0.15) is 48.2 Å². The number of halogens is 2. The van der Waals surface area contributed by atoms with Gasteiger partial charge in [-0.05, 0) is 69.1 Å². The van der Waals surface area contributed by atoms with Crippen molar-refractivity contribution in [2.75, 3.05) is 7.05 Å². The van der Waals surface area contributed by atoms with Gasteiger partial charge in [0, 0.05) is 35.1 Å². The van der Waals surface area contributed by atoms with Gasteiger partial charge < -0.3 is 4.57 Å². The van der Waals surface area contributed by atoms with E-state index in [9.17, 15) is 4.39 Å². The first kappa shape index (κ1) is 17.9. The summed E-state index contributed by atoms with van der Waals surface area (Å²) in [5.41, 5.74) is 3.98. The maximum atomic E-state index is 15.8. The zero-order valence-corrected chi connectivity index (χ0v) is 16.7. The third-order valence-corrected chi connectivity index (χ3v) is 6.87. The molecule has 4 heteroatoms. The molecule has 2 aliphatic rings. The normalized spacial score (nSPS) is 23.8. The van der Waals surface area contributed by atoms with Crippen LogP contribution in [0.2, 0.25) is 0 Å². The SMILES string of the molecule is Cc1ccc2c(c1)c1c(n2CC(C)(F)c2ccc(F)cc2)CC2CCC1N2C. The van der Waals surface area contributed by atoms with Gasteiger partial charge in [-0.25, -0.2) is 8.78 Å². The first-order valence-electron chi connectivity index (χ1n) is 10.1. The van der Waals surface area contributed by atoms with Gasteiger partial charge in [0.05, 0.1) is 6.54 Å². The molecule has 3 atom stereocenters. The molecule has 0 spiro atoms. The van der Waals surface area contributed by atoms with E-state index in [1.54, 1.807) is 19.1 Å². The van der Waals surface area contributed by atoms with E-state index in [0.29, 0.717) is 17.6 Å². The molecule has 3 heterocycles. The zero-order valence-electron chi connectivity index (χ0n) is 16.7. The van der Waals surface area contributed by atoms with Crippen LogP contribution in [-0.2, 0) is 18.6 Å². The number of aromatic nitrogens is 1. The Morgan fingerprint density at radius 2 is 1.86 bits per heavy atom. The van der Waals surface area contributed by atoms with Crippen LogP contribution in [0.25, 0.3) is 10.9 Å². The van der Waals surface area contributed by atoms with Gasteiger partial charge in [-0.1, -0.05) is 23.8 Å². The lowest BCUT2D eigenvalue weighted by Crippen LogP contribution is -2.35. The lowest BCUT2D eigenvalue weighted by molar-refractivity contribution is 0.158. The van der Waals surface area contributed by atoms with Crippen LogP contribution in [0.15, 0.2) is 42.5 Å². The van der Waals surface area contributed by atoms with Crippen molar-refractivity contribution < 1.29 is 8.78 Å². The lowest BCUT2D eigenvalue weighted by atomic mass is 9.96. The van der Waals surface area contributed by atoms with E-state index in [-0.39, 0.29) is 12.4 Å². The molecule has 2 bridgehead atoms. The lowest BCUT2D eigenvalue weighted by Gasteiger charge is -2.33. The highest BCUT2D eigenvalue weighted by atomic mass is 19.1. The summed E-state index contributed by atoms with van der Waals surface area (Å²) < 4.78 is 31.3. The standard InChI is InChI=1S/C24H26F2N2/c1-15-4-10-20-19(12-15)23-21-11-9-18(27(21)3)13-22(23)28(20)14-24(2,26)16-5-7-17(25)8-6-16/h4-8,10,12,18,21H,9,11,13-14H2,1-3H3. The number of benzene rings is 2. The van der Waals surface area contributed by atoms with E-state index >= 15 is 4.39 Å². The summed E-state index contributed by atoms with van der Waals surface area (Å²) in [6.45, 7) is 3.97. The average Bonchev–Trinajstić information content (AvgIpc) is 3.06. The Morgan fingerprint density at radius 3 is 2.61 bits per heavy atom. The molecule has 0 radical (unpaired) electrons. The fourth-order valence-electron chi connectivity index (χ4n) is 5.33. The number of nitrogens with zero attached hydrogens (tertiary/aromatic N) is 2. The number of hydrogen-bond acceptors (Lipinski definition) is 1. The van der Waals surface area contributed by atoms with Crippen LogP contribution >= 0.6 is 0 Å². The maximum absolute atomic E-state index is 15.8. The van der Waals surface area contributed by atoms with Crippen LogP contribution < -0.4 is 0 Å². The van der Waals surface area contributed by atoms with Crippen molar-refractivity contribution >= 4 is 10.9 Å². The zero-order chi connectivity index (χ0) is 19.6. The summed E-state index contributed by atoms with van der Waals surface area (Å²) >= 11 is 0. The van der Waals surface area contributed by atoms with Gasteiger partial charge in [0.2, 0.25) is 0 Å². The molecule has 28 heavy (non-hydrogen) atoms. The Bertz CT molecular complexity index is 1050. The minimum Gasteiger partial charge on any atom is -0.341 e. The van der Waals surface area contributed by atoms with Crippen molar-refractivity contribution in [3.05, 3.63) is 70.7 Å². The molecule has 146 valence electrons. The van der Waals surface area contributed by atoms with Crippen LogP contribution in [0.4, 0.5) is 8.78 Å². The highest BCUT2D eigenvalue weighted by Gasteiger charge is 2.41. The van der Waals surface area contributed by atoms with Crippen molar-refractivity contribution in [2.45, 2.75) is 57.4 Å². The van der Waals surface area contributed by atoms with Crippen molar-refractivity contribution in [1.82, 2.24) is 9.47 Å². The van der Waals surface area contributed by atoms with E-state index < -0.39 is 5.67 Å². The Labute approximate surface area is 164 Å². The third-order valence-electron chi connectivity index (χ3n) is 6.87. The molecule has 1 saturated heterocycles. The Kier molecular flexibility index (Phi) is 3.92. The molecule has 2 aromatic carbocycles. The fourth-order valence-corrected chi connectivity index (χ4v) is 5.33. The minimum absolute atomic E-state index is 0.247. The first-order chi connectivity index (χ1) is 13.3. The first-order valence-corrected chi connectivity index (χ1v) is 10.1. The Morgan fingerprint density at radius 1 is 1.11 bits per heavy atom. The monoisotopic (exact) mass is 380 g/mol. The third kappa shape index (κ3) is 2.61. The van der Waals surface area contributed by atoms with Gasteiger partial charge in [-0.2, -0.15) is 0 Å². The molecule has 0 saturated carbocycles. The number of rotatable bonds is 3. The number of likely N-dealkylation sites (N-methyl/N-ethyl adjacent to an activating group) is 1. The molecule has 2 nitrogen and oxygen atoms in total. The molecule has 2 aliphatic heterocycles. The number of alkyl halides is 1. The number of fused-ring (bicyclic) bond motifs is 6. The second kappa shape index (κ2) is 6.15.